The number of halogens is 1. The molecule has 0 amide bonds. The number of aromatic amines is 1. The van der Waals surface area contributed by atoms with Gasteiger partial charge in [-0.3, -0.25) is 0 Å². The number of rotatable bonds is 0. The van der Waals surface area contributed by atoms with Crippen LogP contribution in [0.5, 0.6) is 0 Å². The molecule has 3 heteroatoms. The summed E-state index contributed by atoms with van der Waals surface area (Å²) >= 11 is 6.09. The standard InChI is InChI=1S/C8H9ClN2/c1-11-5-3-7-6(8(11)9)2-4-10-7/h2-5,8,10H,1H3. The van der Waals surface area contributed by atoms with Crippen molar-refractivity contribution in [3.8, 4) is 0 Å². The lowest BCUT2D eigenvalue weighted by atomic mass is 10.2. The molecule has 58 valence electrons. The maximum absolute atomic E-state index is 6.09. The molecule has 2 heterocycles. The third-order valence-corrected chi connectivity index (χ3v) is 2.45. The Hall–Kier alpha value is -0.890. The molecule has 0 saturated heterocycles. The van der Waals surface area contributed by atoms with Gasteiger partial charge in [0.05, 0.1) is 0 Å². The monoisotopic (exact) mass is 168 g/mol. The number of nitrogens with one attached hydrogen (secondary N) is 1. The number of hydrogen-bond donors (Lipinski definition) is 1. The van der Waals surface area contributed by atoms with E-state index in [1.165, 1.54) is 0 Å². The van der Waals surface area contributed by atoms with Gasteiger partial charge in [-0.1, -0.05) is 11.6 Å². The van der Waals surface area contributed by atoms with Gasteiger partial charge in [0.15, 0.2) is 0 Å². The summed E-state index contributed by atoms with van der Waals surface area (Å²) in [6.45, 7) is 0. The number of aromatic nitrogens is 1. The highest BCUT2D eigenvalue weighted by atomic mass is 35.5. The van der Waals surface area contributed by atoms with E-state index in [9.17, 15) is 0 Å². The fourth-order valence-corrected chi connectivity index (χ4v) is 1.49. The molecule has 0 saturated carbocycles. The van der Waals surface area contributed by atoms with Crippen molar-refractivity contribution in [1.82, 2.24) is 9.88 Å². The Morgan fingerprint density at radius 2 is 2.45 bits per heavy atom. The van der Waals surface area contributed by atoms with Crippen LogP contribution in [0.3, 0.4) is 0 Å². The first-order chi connectivity index (χ1) is 5.29. The molecule has 0 fully saturated rings. The van der Waals surface area contributed by atoms with Gasteiger partial charge in [0.2, 0.25) is 0 Å². The summed E-state index contributed by atoms with van der Waals surface area (Å²) in [5.41, 5.74) is 2.24. The fourth-order valence-electron chi connectivity index (χ4n) is 1.23. The van der Waals surface area contributed by atoms with Crippen molar-refractivity contribution in [2.24, 2.45) is 0 Å². The minimum atomic E-state index is -0.0266. The number of hydrogen-bond acceptors (Lipinski definition) is 1. The third kappa shape index (κ3) is 0.942. The van der Waals surface area contributed by atoms with Crippen molar-refractivity contribution in [3.05, 3.63) is 29.7 Å². The predicted molar refractivity (Wildman–Crippen MR) is 46.2 cm³/mol. The van der Waals surface area contributed by atoms with E-state index in [4.69, 9.17) is 11.6 Å². The largest absolute Gasteiger partial charge is 0.361 e. The van der Waals surface area contributed by atoms with Crippen molar-refractivity contribution in [3.63, 3.8) is 0 Å². The minimum Gasteiger partial charge on any atom is -0.361 e. The Morgan fingerprint density at radius 3 is 3.27 bits per heavy atom. The highest BCUT2D eigenvalue weighted by Crippen LogP contribution is 2.30. The zero-order chi connectivity index (χ0) is 7.84. The quantitative estimate of drug-likeness (QED) is 0.465. The maximum Gasteiger partial charge on any atom is 0.131 e. The number of alkyl halides is 1. The van der Waals surface area contributed by atoms with Gasteiger partial charge in [-0.15, -0.1) is 0 Å². The predicted octanol–water partition coefficient (Wildman–Crippen LogP) is 2.17. The Balaban J connectivity index is 2.48. The van der Waals surface area contributed by atoms with Crippen LogP contribution in [0.1, 0.15) is 16.8 Å². The van der Waals surface area contributed by atoms with Crippen LogP contribution in [0.2, 0.25) is 0 Å². The van der Waals surface area contributed by atoms with Crippen LogP contribution >= 0.6 is 11.6 Å². The SMILES string of the molecule is CN1C=Cc2[nH]ccc2C1Cl. The summed E-state index contributed by atoms with van der Waals surface area (Å²) in [6.07, 6.45) is 5.90. The molecule has 1 N–H and O–H groups in total. The topological polar surface area (TPSA) is 19.0 Å². The van der Waals surface area contributed by atoms with Crippen LogP contribution in [0.4, 0.5) is 0 Å². The van der Waals surface area contributed by atoms with E-state index in [0.717, 1.165) is 11.3 Å². The van der Waals surface area contributed by atoms with E-state index in [0.29, 0.717) is 0 Å². The molecule has 1 unspecified atom stereocenters. The molecule has 1 aliphatic heterocycles. The summed E-state index contributed by atoms with van der Waals surface area (Å²) in [5.74, 6) is 0. The van der Waals surface area contributed by atoms with Gasteiger partial charge in [-0.2, -0.15) is 0 Å². The molecule has 0 radical (unpaired) electrons. The molecule has 0 aliphatic carbocycles. The lowest BCUT2D eigenvalue weighted by molar-refractivity contribution is 0.428. The molecule has 2 nitrogen and oxygen atoms in total. The molecule has 1 aromatic heterocycles. The smallest absolute Gasteiger partial charge is 0.131 e. The Morgan fingerprint density at radius 1 is 1.64 bits per heavy atom. The van der Waals surface area contributed by atoms with Gasteiger partial charge < -0.3 is 9.88 Å². The van der Waals surface area contributed by atoms with Crippen molar-refractivity contribution in [2.45, 2.75) is 5.50 Å². The highest BCUT2D eigenvalue weighted by Gasteiger charge is 2.18. The maximum atomic E-state index is 6.09. The first kappa shape index (κ1) is 6.80. The highest BCUT2D eigenvalue weighted by molar-refractivity contribution is 6.21. The Kier molecular flexibility index (Phi) is 1.43. The van der Waals surface area contributed by atoms with E-state index in [1.54, 1.807) is 0 Å². The molecular weight excluding hydrogens is 160 g/mol. The molecule has 1 aliphatic rings. The minimum absolute atomic E-state index is 0.0266. The molecule has 0 spiro atoms. The second-order valence-corrected chi connectivity index (χ2v) is 3.08. The van der Waals surface area contributed by atoms with Crippen molar-refractivity contribution in [2.75, 3.05) is 7.05 Å². The fraction of sp³-hybridized carbons (Fsp3) is 0.250. The number of H-pyrrole nitrogens is 1. The second-order valence-electron chi connectivity index (χ2n) is 2.66. The van der Waals surface area contributed by atoms with Gasteiger partial charge in [0.1, 0.15) is 5.50 Å². The van der Waals surface area contributed by atoms with Gasteiger partial charge in [0.25, 0.3) is 0 Å². The summed E-state index contributed by atoms with van der Waals surface area (Å²) in [5, 5.41) is 0. The molecule has 0 aromatic carbocycles. The zero-order valence-corrected chi connectivity index (χ0v) is 6.97. The van der Waals surface area contributed by atoms with Crippen LogP contribution in [-0.2, 0) is 0 Å². The van der Waals surface area contributed by atoms with Crippen LogP contribution in [0.15, 0.2) is 18.5 Å². The summed E-state index contributed by atoms with van der Waals surface area (Å²) < 4.78 is 0. The molecular formula is C8H9ClN2. The Bertz CT molecular complexity index is 290. The summed E-state index contributed by atoms with van der Waals surface area (Å²) in [6, 6.07) is 2.01. The van der Waals surface area contributed by atoms with Crippen LogP contribution in [0, 0.1) is 0 Å². The van der Waals surface area contributed by atoms with Crippen molar-refractivity contribution in [1.29, 1.82) is 0 Å². The zero-order valence-electron chi connectivity index (χ0n) is 6.21. The van der Waals surface area contributed by atoms with E-state index >= 15 is 0 Å². The van der Waals surface area contributed by atoms with Crippen LogP contribution in [-0.4, -0.2) is 16.9 Å². The molecule has 11 heavy (non-hydrogen) atoms. The first-order valence-corrected chi connectivity index (χ1v) is 3.94. The lowest BCUT2D eigenvalue weighted by Crippen LogP contribution is -2.16. The summed E-state index contributed by atoms with van der Waals surface area (Å²) in [7, 11) is 1.96. The molecule has 2 rings (SSSR count). The van der Waals surface area contributed by atoms with E-state index in [2.05, 4.69) is 4.98 Å². The summed E-state index contributed by atoms with van der Waals surface area (Å²) in [4.78, 5) is 5.08. The van der Waals surface area contributed by atoms with Crippen molar-refractivity contribution < 1.29 is 0 Å². The normalized spacial score (nSPS) is 22.0. The average Bonchev–Trinajstić information content (AvgIpc) is 2.45. The lowest BCUT2D eigenvalue weighted by Gasteiger charge is -2.24. The molecule has 0 bridgehead atoms. The van der Waals surface area contributed by atoms with Crippen LogP contribution < -0.4 is 0 Å². The van der Waals surface area contributed by atoms with E-state index in [1.807, 2.05) is 36.5 Å². The molecule has 1 aromatic rings. The van der Waals surface area contributed by atoms with Gasteiger partial charge in [-0.05, 0) is 12.1 Å². The van der Waals surface area contributed by atoms with Crippen LogP contribution in [0.25, 0.3) is 6.08 Å². The van der Waals surface area contributed by atoms with Gasteiger partial charge in [0, 0.05) is 30.7 Å². The van der Waals surface area contributed by atoms with Gasteiger partial charge in [-0.25, -0.2) is 0 Å². The second kappa shape index (κ2) is 2.31. The third-order valence-electron chi connectivity index (χ3n) is 1.90. The number of fused-ring (bicyclic) bond motifs is 1. The van der Waals surface area contributed by atoms with Crippen molar-refractivity contribution >= 4 is 17.7 Å². The average molecular weight is 169 g/mol. The van der Waals surface area contributed by atoms with E-state index in [-0.39, 0.29) is 5.50 Å². The molecule has 1 atom stereocenters. The van der Waals surface area contributed by atoms with E-state index < -0.39 is 0 Å². The first-order valence-electron chi connectivity index (χ1n) is 3.50. The number of nitrogens with zero attached hydrogens (tertiary/aromatic N) is 1. The Labute approximate surface area is 70.5 Å². The van der Waals surface area contributed by atoms with Gasteiger partial charge >= 0.3 is 0 Å².